The van der Waals surface area contributed by atoms with Crippen LogP contribution in [0.5, 0.6) is 0 Å². The van der Waals surface area contributed by atoms with Crippen LogP contribution in [0.25, 0.3) is 11.1 Å². The van der Waals surface area contributed by atoms with E-state index in [-0.39, 0.29) is 31.0 Å². The quantitative estimate of drug-likeness (QED) is 0.742. The maximum Gasteiger partial charge on any atom is 0.243 e. The maximum absolute atomic E-state index is 10.9. The molecule has 2 aromatic rings. The summed E-state index contributed by atoms with van der Waals surface area (Å²) in [7, 11) is 0. The molecular formula is C21H25N2O4+. The zero-order chi connectivity index (χ0) is 18.6. The van der Waals surface area contributed by atoms with Gasteiger partial charge in [-0.3, -0.25) is 4.79 Å². The lowest BCUT2D eigenvalue weighted by atomic mass is 10.0. The van der Waals surface area contributed by atoms with Crippen molar-refractivity contribution in [2.75, 3.05) is 19.8 Å². The zero-order valence-electron chi connectivity index (χ0n) is 15.1. The van der Waals surface area contributed by atoms with Crippen LogP contribution >= 0.6 is 0 Å². The number of nitrogens with two attached hydrogens (primary N) is 2. The van der Waals surface area contributed by atoms with Gasteiger partial charge in [0.15, 0.2) is 0 Å². The lowest BCUT2D eigenvalue weighted by molar-refractivity contribution is -0.707. The molecule has 4 N–H and O–H groups in total. The van der Waals surface area contributed by atoms with E-state index >= 15 is 0 Å². The molecule has 2 aliphatic heterocycles. The van der Waals surface area contributed by atoms with E-state index in [1.807, 2.05) is 6.07 Å². The Balaban J connectivity index is 1.30. The van der Waals surface area contributed by atoms with Gasteiger partial charge in [-0.2, -0.15) is 0 Å². The Morgan fingerprint density at radius 1 is 1.00 bits per heavy atom. The number of rotatable bonds is 7. The van der Waals surface area contributed by atoms with Gasteiger partial charge in [0.25, 0.3) is 0 Å². The predicted octanol–water partition coefficient (Wildman–Crippen LogP) is 0.454. The molecule has 0 spiro atoms. The molecule has 0 saturated carbocycles. The first-order valence-corrected chi connectivity index (χ1v) is 9.31. The Bertz CT molecular complexity index is 766. The highest BCUT2D eigenvalue weighted by Gasteiger charge is 2.50. The van der Waals surface area contributed by atoms with Crippen molar-refractivity contribution in [2.45, 2.75) is 30.9 Å². The SMILES string of the molecule is NC(=O)CO[C@@H]1CO[C@H]2[C@@H]1OC[C@@H]2[NH2+]Cc1ccc(-c2ccccc2)cc1. The number of carbonyl (C=O) groups is 1. The lowest BCUT2D eigenvalue weighted by Crippen LogP contribution is -2.91. The fourth-order valence-electron chi connectivity index (χ4n) is 3.78. The molecule has 0 radical (unpaired) electrons. The van der Waals surface area contributed by atoms with Gasteiger partial charge in [0.05, 0.1) is 6.61 Å². The molecule has 27 heavy (non-hydrogen) atoms. The van der Waals surface area contributed by atoms with Crippen LogP contribution in [0.1, 0.15) is 5.56 Å². The topological polar surface area (TPSA) is 87.4 Å². The first-order chi connectivity index (χ1) is 13.2. The first kappa shape index (κ1) is 18.1. The molecule has 0 bridgehead atoms. The average molecular weight is 369 g/mol. The van der Waals surface area contributed by atoms with Gasteiger partial charge in [-0.25, -0.2) is 0 Å². The van der Waals surface area contributed by atoms with Crippen LogP contribution in [0.15, 0.2) is 54.6 Å². The van der Waals surface area contributed by atoms with Crippen molar-refractivity contribution in [1.82, 2.24) is 0 Å². The normalized spacial score (nSPS) is 26.8. The zero-order valence-corrected chi connectivity index (χ0v) is 15.1. The minimum absolute atomic E-state index is 0.00790. The van der Waals surface area contributed by atoms with Gasteiger partial charge in [0.1, 0.15) is 44.1 Å². The largest absolute Gasteiger partial charge is 0.368 e. The molecule has 6 nitrogen and oxygen atoms in total. The second-order valence-electron chi connectivity index (χ2n) is 7.08. The predicted molar refractivity (Wildman–Crippen MR) is 99.7 cm³/mol. The number of benzene rings is 2. The van der Waals surface area contributed by atoms with E-state index in [1.165, 1.54) is 16.7 Å². The van der Waals surface area contributed by atoms with Crippen LogP contribution in [0, 0.1) is 0 Å². The molecule has 2 saturated heterocycles. The molecule has 0 aliphatic carbocycles. The highest BCUT2D eigenvalue weighted by molar-refractivity contribution is 5.75. The Hall–Kier alpha value is -2.25. The number of amides is 1. The summed E-state index contributed by atoms with van der Waals surface area (Å²) in [6, 6.07) is 19.2. The van der Waals surface area contributed by atoms with Crippen molar-refractivity contribution in [3.05, 3.63) is 60.2 Å². The van der Waals surface area contributed by atoms with Gasteiger partial charge in [-0.05, 0) is 11.1 Å². The fraction of sp³-hybridized carbons (Fsp3) is 0.381. The van der Waals surface area contributed by atoms with Crippen LogP contribution in [-0.2, 0) is 25.5 Å². The summed E-state index contributed by atoms with van der Waals surface area (Å²) in [5, 5.41) is 2.26. The van der Waals surface area contributed by atoms with Crippen molar-refractivity contribution in [3.63, 3.8) is 0 Å². The van der Waals surface area contributed by atoms with Crippen LogP contribution in [-0.4, -0.2) is 50.1 Å². The number of fused-ring (bicyclic) bond motifs is 1. The van der Waals surface area contributed by atoms with E-state index in [2.05, 4.69) is 53.8 Å². The molecular weight excluding hydrogens is 344 g/mol. The van der Waals surface area contributed by atoms with E-state index in [9.17, 15) is 4.79 Å². The molecule has 6 heteroatoms. The molecule has 0 unspecified atom stereocenters. The summed E-state index contributed by atoms with van der Waals surface area (Å²) < 4.78 is 17.2. The Labute approximate surface area is 158 Å². The third-order valence-electron chi connectivity index (χ3n) is 5.20. The molecule has 142 valence electrons. The van der Waals surface area contributed by atoms with Crippen LogP contribution in [0.3, 0.4) is 0 Å². The van der Waals surface area contributed by atoms with Gasteiger partial charge >= 0.3 is 0 Å². The number of primary amides is 1. The molecule has 2 heterocycles. The number of quaternary nitrogens is 1. The second-order valence-corrected chi connectivity index (χ2v) is 7.08. The summed E-state index contributed by atoms with van der Waals surface area (Å²) in [6.07, 6.45) is -0.344. The standard InChI is InChI=1S/C21H24N2O4/c22-19(24)13-25-18-12-27-20-17(11-26-21(18)20)23-10-14-6-8-16(9-7-14)15-4-2-1-3-5-15/h1-9,17-18,20-21,23H,10-13H2,(H2,22,24)/p+1/t17-,18+,20+,21+/m0/s1. The van der Waals surface area contributed by atoms with Crippen LogP contribution in [0.2, 0.25) is 0 Å². The van der Waals surface area contributed by atoms with Gasteiger partial charge in [-0.1, -0.05) is 54.6 Å². The molecule has 0 aromatic heterocycles. The molecule has 1 amide bonds. The molecule has 2 aromatic carbocycles. The lowest BCUT2D eigenvalue weighted by Gasteiger charge is -2.15. The Kier molecular flexibility index (Phi) is 5.50. The van der Waals surface area contributed by atoms with Crippen molar-refractivity contribution in [3.8, 4) is 11.1 Å². The maximum atomic E-state index is 10.9. The summed E-state index contributed by atoms with van der Waals surface area (Å²) in [4.78, 5) is 10.9. The molecule has 2 fully saturated rings. The number of ether oxygens (including phenoxy) is 3. The Morgan fingerprint density at radius 3 is 2.44 bits per heavy atom. The highest BCUT2D eigenvalue weighted by Crippen LogP contribution is 2.27. The number of hydrogen-bond acceptors (Lipinski definition) is 4. The Morgan fingerprint density at radius 2 is 1.70 bits per heavy atom. The van der Waals surface area contributed by atoms with Crippen LogP contribution in [0.4, 0.5) is 0 Å². The van der Waals surface area contributed by atoms with Crippen molar-refractivity contribution >= 4 is 5.91 Å². The number of carbonyl (C=O) groups excluding carboxylic acids is 1. The first-order valence-electron chi connectivity index (χ1n) is 9.31. The van der Waals surface area contributed by atoms with E-state index in [1.54, 1.807) is 0 Å². The number of hydrogen-bond donors (Lipinski definition) is 2. The van der Waals surface area contributed by atoms with Crippen molar-refractivity contribution in [1.29, 1.82) is 0 Å². The third kappa shape index (κ3) is 4.20. The third-order valence-corrected chi connectivity index (χ3v) is 5.20. The van der Waals surface area contributed by atoms with E-state index in [4.69, 9.17) is 19.9 Å². The van der Waals surface area contributed by atoms with Gasteiger partial charge in [0, 0.05) is 5.56 Å². The van der Waals surface area contributed by atoms with E-state index < -0.39 is 5.91 Å². The van der Waals surface area contributed by atoms with Crippen LogP contribution < -0.4 is 11.1 Å². The molecule has 4 rings (SSSR count). The fourth-order valence-corrected chi connectivity index (χ4v) is 3.78. The molecule has 2 aliphatic rings. The smallest absolute Gasteiger partial charge is 0.243 e. The second kappa shape index (κ2) is 8.19. The summed E-state index contributed by atoms with van der Waals surface area (Å²) in [6.45, 7) is 1.83. The summed E-state index contributed by atoms with van der Waals surface area (Å²) >= 11 is 0. The van der Waals surface area contributed by atoms with E-state index in [0.717, 1.165) is 6.54 Å². The monoisotopic (exact) mass is 369 g/mol. The van der Waals surface area contributed by atoms with Crippen molar-refractivity contribution < 1.29 is 24.3 Å². The minimum atomic E-state index is -0.474. The van der Waals surface area contributed by atoms with Crippen molar-refractivity contribution in [2.24, 2.45) is 5.73 Å². The van der Waals surface area contributed by atoms with Gasteiger partial charge in [0.2, 0.25) is 5.91 Å². The van der Waals surface area contributed by atoms with Gasteiger partial charge < -0.3 is 25.3 Å². The average Bonchev–Trinajstić information content (AvgIpc) is 3.28. The summed E-state index contributed by atoms with van der Waals surface area (Å²) in [5.41, 5.74) is 8.85. The van der Waals surface area contributed by atoms with Gasteiger partial charge in [-0.15, -0.1) is 0 Å². The minimum Gasteiger partial charge on any atom is -0.368 e. The summed E-state index contributed by atoms with van der Waals surface area (Å²) in [5.74, 6) is -0.474. The molecule has 4 atom stereocenters. The van der Waals surface area contributed by atoms with E-state index in [0.29, 0.717) is 13.2 Å². The highest BCUT2D eigenvalue weighted by atomic mass is 16.6.